The maximum absolute atomic E-state index is 4.40. The van der Waals surface area contributed by atoms with Crippen LogP contribution in [0, 0.1) is 5.92 Å². The second-order valence-corrected chi connectivity index (χ2v) is 6.58. The van der Waals surface area contributed by atoms with Crippen LogP contribution in [0.5, 0.6) is 0 Å². The summed E-state index contributed by atoms with van der Waals surface area (Å²) in [5.41, 5.74) is 1.35. The monoisotopic (exact) mass is 348 g/mol. The first-order valence-electron chi connectivity index (χ1n) is 6.06. The molecule has 0 radical (unpaired) electrons. The van der Waals surface area contributed by atoms with Gasteiger partial charge in [-0.3, -0.25) is 4.68 Å². The number of halogens is 2. The molecule has 1 aliphatic carbocycles. The van der Waals surface area contributed by atoms with Crippen LogP contribution in [0.1, 0.15) is 38.3 Å². The molecule has 1 atom stereocenters. The highest BCUT2D eigenvalue weighted by Crippen LogP contribution is 2.38. The van der Waals surface area contributed by atoms with E-state index < -0.39 is 0 Å². The molecule has 0 bridgehead atoms. The average molecular weight is 350 g/mol. The molecule has 2 rings (SSSR count). The predicted octanol–water partition coefficient (Wildman–Crippen LogP) is 4.16. The lowest BCUT2D eigenvalue weighted by Crippen LogP contribution is -2.08. The molecule has 1 unspecified atom stereocenters. The van der Waals surface area contributed by atoms with Gasteiger partial charge < -0.3 is 0 Å². The molecule has 4 heteroatoms. The van der Waals surface area contributed by atoms with Gasteiger partial charge >= 0.3 is 0 Å². The van der Waals surface area contributed by atoms with Crippen molar-refractivity contribution in [2.45, 2.75) is 50.4 Å². The van der Waals surface area contributed by atoms with Crippen LogP contribution in [-0.2, 0) is 13.0 Å². The first kappa shape index (κ1) is 12.6. The molecule has 16 heavy (non-hydrogen) atoms. The maximum atomic E-state index is 4.40. The summed E-state index contributed by atoms with van der Waals surface area (Å²) < 4.78 is 3.30. The van der Waals surface area contributed by atoms with Crippen LogP contribution in [-0.4, -0.2) is 14.6 Å². The molecule has 0 spiro atoms. The summed E-state index contributed by atoms with van der Waals surface area (Å²) in [6.45, 7) is 3.22. The minimum Gasteiger partial charge on any atom is -0.268 e. The first-order chi connectivity index (χ1) is 7.72. The third-order valence-corrected chi connectivity index (χ3v) is 4.99. The van der Waals surface area contributed by atoms with Gasteiger partial charge in [0, 0.05) is 11.4 Å². The number of aryl methyl sites for hydroxylation is 1. The average Bonchev–Trinajstić information content (AvgIpc) is 3.04. The van der Waals surface area contributed by atoms with E-state index in [1.807, 2.05) is 6.20 Å². The van der Waals surface area contributed by atoms with Gasteiger partial charge in [0.1, 0.15) is 0 Å². The number of hydrogen-bond donors (Lipinski definition) is 0. The summed E-state index contributed by atoms with van der Waals surface area (Å²) in [6, 6.07) is 0. The van der Waals surface area contributed by atoms with Crippen molar-refractivity contribution in [3.8, 4) is 0 Å². The molecule has 1 aliphatic rings. The summed E-state index contributed by atoms with van der Waals surface area (Å²) in [5, 5.41) is 4.40. The number of nitrogens with zero attached hydrogens (tertiary/aromatic N) is 2. The quantitative estimate of drug-likeness (QED) is 0.705. The van der Waals surface area contributed by atoms with Crippen LogP contribution in [0.3, 0.4) is 0 Å². The minimum atomic E-state index is 0.698. The zero-order valence-electron chi connectivity index (χ0n) is 9.63. The van der Waals surface area contributed by atoms with Gasteiger partial charge in [-0.05, 0) is 54.0 Å². The Morgan fingerprint density at radius 2 is 2.31 bits per heavy atom. The lowest BCUT2D eigenvalue weighted by molar-refractivity contribution is 0.560. The van der Waals surface area contributed by atoms with Crippen molar-refractivity contribution in [3.05, 3.63) is 16.4 Å². The summed E-state index contributed by atoms with van der Waals surface area (Å²) in [6.07, 6.45) is 8.22. The van der Waals surface area contributed by atoms with Crippen molar-refractivity contribution >= 4 is 31.9 Å². The molecule has 0 saturated heterocycles. The van der Waals surface area contributed by atoms with Crippen LogP contribution in [0.2, 0.25) is 0 Å². The summed E-state index contributed by atoms with van der Waals surface area (Å²) in [4.78, 5) is 0.698. The summed E-state index contributed by atoms with van der Waals surface area (Å²) in [5.74, 6) is 0.932. The molecule has 0 aromatic carbocycles. The fraction of sp³-hybridized carbons (Fsp3) is 0.750. The molecular formula is C12H18Br2N2. The van der Waals surface area contributed by atoms with Gasteiger partial charge in [-0.2, -0.15) is 5.10 Å². The standard InChI is InChI=1S/C12H18Br2N2/c1-2-7-16-12(11(14)8-15-16)6-5-10(13)9-3-4-9/h8-10H,2-7H2,1H3. The number of hydrogen-bond acceptors (Lipinski definition) is 1. The minimum absolute atomic E-state index is 0.698. The van der Waals surface area contributed by atoms with Gasteiger partial charge in [0.15, 0.2) is 0 Å². The molecule has 1 aromatic rings. The van der Waals surface area contributed by atoms with Crippen molar-refractivity contribution < 1.29 is 0 Å². The molecule has 0 N–H and O–H groups in total. The smallest absolute Gasteiger partial charge is 0.0635 e. The van der Waals surface area contributed by atoms with E-state index in [1.165, 1.54) is 25.0 Å². The van der Waals surface area contributed by atoms with Crippen LogP contribution in [0.25, 0.3) is 0 Å². The third-order valence-electron chi connectivity index (χ3n) is 3.12. The van der Waals surface area contributed by atoms with Crippen molar-refractivity contribution in [1.29, 1.82) is 0 Å². The van der Waals surface area contributed by atoms with Gasteiger partial charge in [-0.25, -0.2) is 0 Å². The molecule has 1 saturated carbocycles. The van der Waals surface area contributed by atoms with Crippen molar-refractivity contribution in [1.82, 2.24) is 9.78 Å². The highest BCUT2D eigenvalue weighted by Gasteiger charge is 2.29. The van der Waals surface area contributed by atoms with Crippen LogP contribution in [0.4, 0.5) is 0 Å². The van der Waals surface area contributed by atoms with Crippen molar-refractivity contribution in [3.63, 3.8) is 0 Å². The Bertz CT molecular complexity index is 345. The Morgan fingerprint density at radius 1 is 1.56 bits per heavy atom. The zero-order valence-corrected chi connectivity index (χ0v) is 12.8. The molecule has 1 fully saturated rings. The SMILES string of the molecule is CCCn1ncc(Br)c1CCC(Br)C1CC1. The fourth-order valence-electron chi connectivity index (χ4n) is 2.01. The van der Waals surface area contributed by atoms with E-state index in [0.29, 0.717) is 4.83 Å². The van der Waals surface area contributed by atoms with Crippen LogP contribution >= 0.6 is 31.9 Å². The Balaban J connectivity index is 1.93. The Kier molecular flexibility index (Phi) is 4.48. The van der Waals surface area contributed by atoms with E-state index in [-0.39, 0.29) is 0 Å². The molecule has 1 aromatic heterocycles. The molecule has 0 amide bonds. The third kappa shape index (κ3) is 3.10. The lowest BCUT2D eigenvalue weighted by Gasteiger charge is -2.10. The topological polar surface area (TPSA) is 17.8 Å². The Morgan fingerprint density at radius 3 is 2.94 bits per heavy atom. The van der Waals surface area contributed by atoms with Gasteiger partial charge in [-0.15, -0.1) is 0 Å². The fourth-order valence-corrected chi connectivity index (χ4v) is 3.26. The second-order valence-electron chi connectivity index (χ2n) is 4.55. The second kappa shape index (κ2) is 5.67. The number of alkyl halides is 1. The van der Waals surface area contributed by atoms with E-state index in [2.05, 4.69) is 48.6 Å². The first-order valence-corrected chi connectivity index (χ1v) is 7.77. The summed E-state index contributed by atoms with van der Waals surface area (Å²) in [7, 11) is 0. The van der Waals surface area contributed by atoms with Gasteiger partial charge in [0.05, 0.1) is 16.4 Å². The highest BCUT2D eigenvalue weighted by atomic mass is 79.9. The van der Waals surface area contributed by atoms with E-state index >= 15 is 0 Å². The number of aromatic nitrogens is 2. The predicted molar refractivity (Wildman–Crippen MR) is 74.0 cm³/mol. The Labute approximate surface area is 114 Å². The van der Waals surface area contributed by atoms with E-state index in [0.717, 1.165) is 29.8 Å². The molecule has 1 heterocycles. The summed E-state index contributed by atoms with van der Waals surface area (Å²) >= 11 is 7.38. The lowest BCUT2D eigenvalue weighted by atomic mass is 10.1. The molecule has 2 nitrogen and oxygen atoms in total. The van der Waals surface area contributed by atoms with E-state index in [9.17, 15) is 0 Å². The van der Waals surface area contributed by atoms with E-state index in [4.69, 9.17) is 0 Å². The molecule has 90 valence electrons. The molecule has 0 aliphatic heterocycles. The van der Waals surface area contributed by atoms with Gasteiger partial charge in [-0.1, -0.05) is 22.9 Å². The maximum Gasteiger partial charge on any atom is 0.0635 e. The zero-order chi connectivity index (χ0) is 11.5. The largest absolute Gasteiger partial charge is 0.268 e. The van der Waals surface area contributed by atoms with Crippen LogP contribution in [0.15, 0.2) is 10.7 Å². The highest BCUT2D eigenvalue weighted by molar-refractivity contribution is 9.10. The normalized spacial score (nSPS) is 17.7. The van der Waals surface area contributed by atoms with Gasteiger partial charge in [0.2, 0.25) is 0 Å². The Hall–Kier alpha value is 0.170. The molecular weight excluding hydrogens is 332 g/mol. The van der Waals surface area contributed by atoms with Gasteiger partial charge in [0.25, 0.3) is 0 Å². The van der Waals surface area contributed by atoms with Crippen molar-refractivity contribution in [2.24, 2.45) is 5.92 Å². The van der Waals surface area contributed by atoms with Crippen molar-refractivity contribution in [2.75, 3.05) is 0 Å². The van der Waals surface area contributed by atoms with Crippen LogP contribution < -0.4 is 0 Å². The van der Waals surface area contributed by atoms with E-state index in [1.54, 1.807) is 0 Å². The number of rotatable bonds is 6.